The summed E-state index contributed by atoms with van der Waals surface area (Å²) in [6.07, 6.45) is 2.23. The fourth-order valence-corrected chi connectivity index (χ4v) is 3.13. The van der Waals surface area contributed by atoms with Crippen molar-refractivity contribution in [3.8, 4) is 0 Å². The predicted molar refractivity (Wildman–Crippen MR) is 81.9 cm³/mol. The lowest BCUT2D eigenvalue weighted by atomic mass is 10.2. The quantitative estimate of drug-likeness (QED) is 0.815. The summed E-state index contributed by atoms with van der Waals surface area (Å²) in [6, 6.07) is 3.22. The summed E-state index contributed by atoms with van der Waals surface area (Å²) in [5.74, 6) is -0.408. The molecule has 0 aromatic heterocycles. The monoisotopic (exact) mass is 364 g/mol. The van der Waals surface area contributed by atoms with Gasteiger partial charge in [0.2, 0.25) is 10.0 Å². The zero-order valence-electron chi connectivity index (χ0n) is 11.4. The molecule has 112 valence electrons. The number of sulfonamides is 1. The molecule has 0 bridgehead atoms. The van der Waals surface area contributed by atoms with Gasteiger partial charge in [-0.3, -0.25) is 4.72 Å². The molecule has 0 aliphatic heterocycles. The molecule has 0 heterocycles. The van der Waals surface area contributed by atoms with Gasteiger partial charge in [-0.25, -0.2) is 12.8 Å². The van der Waals surface area contributed by atoms with E-state index in [1.165, 1.54) is 12.1 Å². The van der Waals surface area contributed by atoms with Gasteiger partial charge in [0.15, 0.2) is 0 Å². The number of hydrogen-bond donors (Lipinski definition) is 2. The Morgan fingerprint density at radius 3 is 2.70 bits per heavy atom. The lowest BCUT2D eigenvalue weighted by molar-refractivity contribution is 0.576. The van der Waals surface area contributed by atoms with Gasteiger partial charge in [-0.2, -0.15) is 0 Å². The third-order valence-electron chi connectivity index (χ3n) is 3.32. The van der Waals surface area contributed by atoms with Crippen molar-refractivity contribution < 1.29 is 12.8 Å². The van der Waals surface area contributed by atoms with Crippen molar-refractivity contribution in [1.82, 2.24) is 5.32 Å². The van der Waals surface area contributed by atoms with Gasteiger partial charge in [0.25, 0.3) is 0 Å². The van der Waals surface area contributed by atoms with Crippen LogP contribution in [0.2, 0.25) is 0 Å². The van der Waals surface area contributed by atoms with Crippen LogP contribution >= 0.6 is 15.9 Å². The van der Waals surface area contributed by atoms with E-state index in [1.54, 1.807) is 13.8 Å². The highest BCUT2D eigenvalue weighted by Crippen LogP contribution is 2.25. The van der Waals surface area contributed by atoms with E-state index in [9.17, 15) is 12.8 Å². The van der Waals surface area contributed by atoms with Crippen LogP contribution < -0.4 is 10.0 Å². The van der Waals surface area contributed by atoms with Gasteiger partial charge in [0, 0.05) is 12.6 Å². The van der Waals surface area contributed by atoms with Crippen LogP contribution in [0.5, 0.6) is 0 Å². The molecule has 7 heteroatoms. The van der Waals surface area contributed by atoms with Gasteiger partial charge in [-0.1, -0.05) is 0 Å². The van der Waals surface area contributed by atoms with Gasteiger partial charge in [-0.15, -0.1) is 0 Å². The molecule has 0 amide bonds. The minimum atomic E-state index is -3.49. The summed E-state index contributed by atoms with van der Waals surface area (Å²) in [6.45, 7) is 3.74. The molecule has 20 heavy (non-hydrogen) atoms. The smallest absolute Gasteiger partial charge is 0.236 e. The Hall–Kier alpha value is -0.660. The topological polar surface area (TPSA) is 58.2 Å². The zero-order valence-corrected chi connectivity index (χ0v) is 13.8. The molecule has 4 nitrogen and oxygen atoms in total. The van der Waals surface area contributed by atoms with E-state index in [0.717, 1.165) is 12.8 Å². The Labute approximate surface area is 127 Å². The molecule has 0 saturated heterocycles. The number of aryl methyl sites for hydroxylation is 1. The summed E-state index contributed by atoms with van der Waals surface area (Å²) in [4.78, 5) is 0. The molecule has 1 aromatic rings. The summed E-state index contributed by atoms with van der Waals surface area (Å²) in [5, 5.41) is 2.65. The summed E-state index contributed by atoms with van der Waals surface area (Å²) >= 11 is 3.06. The minimum Gasteiger partial charge on any atom is -0.313 e. The average molecular weight is 365 g/mol. The van der Waals surface area contributed by atoms with Crippen molar-refractivity contribution in [2.24, 2.45) is 0 Å². The van der Waals surface area contributed by atoms with E-state index in [1.807, 2.05) is 0 Å². The van der Waals surface area contributed by atoms with E-state index in [2.05, 4.69) is 26.0 Å². The molecule has 2 rings (SSSR count). The number of halogens is 2. The highest BCUT2D eigenvalue weighted by Gasteiger charge is 2.26. The second-order valence-electron chi connectivity index (χ2n) is 5.22. The maximum absolute atomic E-state index is 13.3. The van der Waals surface area contributed by atoms with Crippen molar-refractivity contribution in [3.05, 3.63) is 28.0 Å². The van der Waals surface area contributed by atoms with E-state index in [0.29, 0.717) is 23.8 Å². The van der Waals surface area contributed by atoms with Crippen molar-refractivity contribution in [2.45, 2.75) is 38.0 Å². The van der Waals surface area contributed by atoms with Crippen LogP contribution in [-0.4, -0.2) is 26.3 Å². The molecule has 1 aromatic carbocycles. The van der Waals surface area contributed by atoms with E-state index in [4.69, 9.17) is 0 Å². The second kappa shape index (κ2) is 5.99. The van der Waals surface area contributed by atoms with Crippen molar-refractivity contribution in [2.75, 3.05) is 11.3 Å². The first-order chi connectivity index (χ1) is 9.29. The normalized spacial score (nSPS) is 17.0. The average Bonchev–Trinajstić information content (AvgIpc) is 3.16. The highest BCUT2D eigenvalue weighted by atomic mass is 79.9. The van der Waals surface area contributed by atoms with Gasteiger partial charge in [-0.05, 0) is 60.3 Å². The van der Waals surface area contributed by atoms with Crippen molar-refractivity contribution >= 4 is 31.6 Å². The summed E-state index contributed by atoms with van der Waals surface area (Å²) < 4.78 is 40.6. The molecule has 0 radical (unpaired) electrons. The van der Waals surface area contributed by atoms with Gasteiger partial charge in [0.05, 0.1) is 15.4 Å². The number of hydrogen-bond acceptors (Lipinski definition) is 3. The zero-order chi connectivity index (χ0) is 14.9. The standard InChI is InChI=1S/C13H18BrFN2O2S/c1-8-5-12(15)11(14)6-13(8)17-20(18,19)9(2)7-16-10-3-4-10/h5-6,9-10,16-17H,3-4,7H2,1-2H3. The lowest BCUT2D eigenvalue weighted by Crippen LogP contribution is -2.35. The molecular weight excluding hydrogens is 347 g/mol. The van der Waals surface area contributed by atoms with Crippen LogP contribution in [0.3, 0.4) is 0 Å². The van der Waals surface area contributed by atoms with Gasteiger partial charge >= 0.3 is 0 Å². The van der Waals surface area contributed by atoms with Crippen LogP contribution in [0.15, 0.2) is 16.6 Å². The van der Waals surface area contributed by atoms with E-state index >= 15 is 0 Å². The van der Waals surface area contributed by atoms with Crippen molar-refractivity contribution in [3.63, 3.8) is 0 Å². The van der Waals surface area contributed by atoms with E-state index < -0.39 is 21.1 Å². The van der Waals surface area contributed by atoms with Crippen LogP contribution in [0.25, 0.3) is 0 Å². The third-order valence-corrected chi connectivity index (χ3v) is 5.66. The van der Waals surface area contributed by atoms with Crippen LogP contribution in [-0.2, 0) is 10.0 Å². The highest BCUT2D eigenvalue weighted by molar-refractivity contribution is 9.10. The van der Waals surface area contributed by atoms with Gasteiger partial charge < -0.3 is 5.32 Å². The van der Waals surface area contributed by atoms with Gasteiger partial charge in [0.1, 0.15) is 5.82 Å². The Bertz CT molecular complexity index is 603. The summed E-state index contributed by atoms with van der Waals surface area (Å²) in [5.41, 5.74) is 0.952. The Morgan fingerprint density at radius 1 is 1.45 bits per heavy atom. The lowest BCUT2D eigenvalue weighted by Gasteiger charge is -2.17. The molecule has 1 aliphatic carbocycles. The van der Waals surface area contributed by atoms with Crippen LogP contribution in [0, 0.1) is 12.7 Å². The molecular formula is C13H18BrFN2O2S. The molecule has 2 N–H and O–H groups in total. The summed E-state index contributed by atoms with van der Waals surface area (Å²) in [7, 11) is -3.49. The van der Waals surface area contributed by atoms with Crippen molar-refractivity contribution in [1.29, 1.82) is 0 Å². The number of nitrogens with one attached hydrogen (secondary N) is 2. The molecule has 1 aliphatic rings. The first kappa shape index (κ1) is 15.7. The fraction of sp³-hybridized carbons (Fsp3) is 0.538. The predicted octanol–water partition coefficient (Wildman–Crippen LogP) is 2.78. The number of benzene rings is 1. The maximum Gasteiger partial charge on any atom is 0.236 e. The maximum atomic E-state index is 13.3. The fourth-order valence-electron chi connectivity index (χ4n) is 1.74. The molecule has 1 saturated carbocycles. The largest absolute Gasteiger partial charge is 0.313 e. The third kappa shape index (κ3) is 3.93. The molecule has 0 spiro atoms. The molecule has 1 unspecified atom stereocenters. The second-order valence-corrected chi connectivity index (χ2v) is 8.17. The Balaban J connectivity index is 2.08. The minimum absolute atomic E-state index is 0.240. The SMILES string of the molecule is Cc1cc(F)c(Br)cc1NS(=O)(=O)C(C)CNC1CC1. The number of anilines is 1. The first-order valence-corrected chi connectivity index (χ1v) is 8.84. The Kier molecular flexibility index (Phi) is 4.71. The number of rotatable bonds is 6. The Morgan fingerprint density at radius 2 is 2.10 bits per heavy atom. The first-order valence-electron chi connectivity index (χ1n) is 6.50. The molecule has 1 fully saturated rings. The van der Waals surface area contributed by atoms with E-state index in [-0.39, 0.29) is 4.47 Å². The molecule has 1 atom stereocenters. The van der Waals surface area contributed by atoms with Crippen LogP contribution in [0.1, 0.15) is 25.3 Å². The van der Waals surface area contributed by atoms with Crippen LogP contribution in [0.4, 0.5) is 10.1 Å².